The number of carboxylic acids is 1. The third kappa shape index (κ3) is 2.91. The summed E-state index contributed by atoms with van der Waals surface area (Å²) in [5.74, 6) is -0.871. The van der Waals surface area contributed by atoms with Crippen molar-refractivity contribution < 1.29 is 9.90 Å². The highest BCUT2D eigenvalue weighted by atomic mass is 16.4. The van der Waals surface area contributed by atoms with E-state index in [0.717, 1.165) is 22.3 Å². The van der Waals surface area contributed by atoms with Gasteiger partial charge in [0.15, 0.2) is 0 Å². The number of hydrogen-bond acceptors (Lipinski definition) is 1. The maximum atomic E-state index is 10.9. The van der Waals surface area contributed by atoms with Crippen LogP contribution in [-0.2, 0) is 4.79 Å². The number of rotatable bonds is 3. The fourth-order valence-corrected chi connectivity index (χ4v) is 1.92. The molecule has 1 N–H and O–H groups in total. The topological polar surface area (TPSA) is 37.3 Å². The Morgan fingerprint density at radius 3 is 1.89 bits per heavy atom. The Labute approximate surface area is 113 Å². The van der Waals surface area contributed by atoms with E-state index in [1.807, 2.05) is 49.4 Å². The quantitative estimate of drug-likeness (QED) is 0.830. The molecule has 2 aromatic carbocycles. The first-order valence-corrected chi connectivity index (χ1v) is 6.16. The third-order valence-electron chi connectivity index (χ3n) is 3.31. The SMILES string of the molecule is CC(C(=O)O)=C(C)c1ccc(-c2ccccc2)cc1. The lowest BCUT2D eigenvalue weighted by atomic mass is 9.98. The standard InChI is InChI=1S/C17H16O2/c1-12(13(2)17(18)19)14-8-10-16(11-9-14)15-6-4-3-5-7-15/h3-11H,1-2H3,(H,18,19). The van der Waals surface area contributed by atoms with E-state index in [2.05, 4.69) is 12.1 Å². The summed E-state index contributed by atoms with van der Waals surface area (Å²) < 4.78 is 0. The molecule has 0 radical (unpaired) electrons. The van der Waals surface area contributed by atoms with Gasteiger partial charge in [0.05, 0.1) is 0 Å². The van der Waals surface area contributed by atoms with Crippen molar-refractivity contribution in [1.29, 1.82) is 0 Å². The molecule has 0 unspecified atom stereocenters. The predicted octanol–water partition coefficient (Wildman–Crippen LogP) is 4.23. The Morgan fingerprint density at radius 1 is 0.842 bits per heavy atom. The zero-order chi connectivity index (χ0) is 13.8. The average Bonchev–Trinajstić information content (AvgIpc) is 2.46. The minimum atomic E-state index is -0.871. The van der Waals surface area contributed by atoms with Gasteiger partial charge < -0.3 is 5.11 Å². The first-order valence-electron chi connectivity index (χ1n) is 6.16. The normalized spacial score (nSPS) is 11.9. The molecule has 19 heavy (non-hydrogen) atoms. The zero-order valence-electron chi connectivity index (χ0n) is 11.1. The molecule has 0 atom stereocenters. The lowest BCUT2D eigenvalue weighted by molar-refractivity contribution is -0.132. The van der Waals surface area contributed by atoms with Crippen molar-refractivity contribution in [2.45, 2.75) is 13.8 Å². The van der Waals surface area contributed by atoms with Crippen LogP contribution in [0.3, 0.4) is 0 Å². The van der Waals surface area contributed by atoms with Crippen LogP contribution in [0.4, 0.5) is 0 Å². The molecule has 0 saturated heterocycles. The van der Waals surface area contributed by atoms with Gasteiger partial charge in [-0.05, 0) is 36.1 Å². The van der Waals surface area contributed by atoms with Gasteiger partial charge in [-0.1, -0.05) is 54.6 Å². The first kappa shape index (κ1) is 13.1. The van der Waals surface area contributed by atoms with Crippen molar-refractivity contribution in [3.63, 3.8) is 0 Å². The number of carbonyl (C=O) groups is 1. The maximum Gasteiger partial charge on any atom is 0.331 e. The molecule has 0 amide bonds. The van der Waals surface area contributed by atoms with Gasteiger partial charge in [0.2, 0.25) is 0 Å². The van der Waals surface area contributed by atoms with Gasteiger partial charge in [-0.3, -0.25) is 0 Å². The summed E-state index contributed by atoms with van der Waals surface area (Å²) in [5.41, 5.74) is 4.41. The highest BCUT2D eigenvalue weighted by Gasteiger charge is 2.07. The molecule has 0 heterocycles. The van der Waals surface area contributed by atoms with Crippen molar-refractivity contribution in [2.75, 3.05) is 0 Å². The van der Waals surface area contributed by atoms with Gasteiger partial charge in [0, 0.05) is 5.57 Å². The number of carboxylic acid groups (broad SMARTS) is 1. The minimum absolute atomic E-state index is 0.382. The zero-order valence-corrected chi connectivity index (χ0v) is 11.1. The van der Waals surface area contributed by atoms with Crippen LogP contribution in [0.2, 0.25) is 0 Å². The lowest BCUT2D eigenvalue weighted by Crippen LogP contribution is -1.99. The molecule has 0 fully saturated rings. The monoisotopic (exact) mass is 252 g/mol. The molecular formula is C17H16O2. The van der Waals surface area contributed by atoms with Crippen molar-refractivity contribution in [3.05, 3.63) is 65.7 Å². The second-order valence-electron chi connectivity index (χ2n) is 4.50. The van der Waals surface area contributed by atoms with Gasteiger partial charge in [0.1, 0.15) is 0 Å². The van der Waals surface area contributed by atoms with Crippen molar-refractivity contribution in [1.82, 2.24) is 0 Å². The highest BCUT2D eigenvalue weighted by Crippen LogP contribution is 2.23. The number of hydrogen-bond donors (Lipinski definition) is 1. The van der Waals surface area contributed by atoms with Crippen LogP contribution >= 0.6 is 0 Å². The van der Waals surface area contributed by atoms with Gasteiger partial charge in [0.25, 0.3) is 0 Å². The van der Waals surface area contributed by atoms with E-state index in [0.29, 0.717) is 5.57 Å². The van der Waals surface area contributed by atoms with E-state index in [1.165, 1.54) is 0 Å². The molecule has 0 saturated carbocycles. The first-order chi connectivity index (χ1) is 9.09. The van der Waals surface area contributed by atoms with Crippen LogP contribution in [0, 0.1) is 0 Å². The Morgan fingerprint density at radius 2 is 1.37 bits per heavy atom. The molecule has 0 aromatic heterocycles. The van der Waals surface area contributed by atoms with Crippen LogP contribution < -0.4 is 0 Å². The summed E-state index contributed by atoms with van der Waals surface area (Å²) >= 11 is 0. The molecule has 0 aliphatic rings. The van der Waals surface area contributed by atoms with Crippen LogP contribution in [0.5, 0.6) is 0 Å². The average molecular weight is 252 g/mol. The number of aliphatic carboxylic acids is 1. The van der Waals surface area contributed by atoms with Crippen LogP contribution in [-0.4, -0.2) is 11.1 Å². The number of benzene rings is 2. The van der Waals surface area contributed by atoms with E-state index >= 15 is 0 Å². The third-order valence-corrected chi connectivity index (χ3v) is 3.31. The Balaban J connectivity index is 2.35. The van der Waals surface area contributed by atoms with Gasteiger partial charge in [-0.25, -0.2) is 4.79 Å². The van der Waals surface area contributed by atoms with E-state index in [-0.39, 0.29) is 0 Å². The molecule has 0 bridgehead atoms. The van der Waals surface area contributed by atoms with E-state index in [1.54, 1.807) is 6.92 Å². The summed E-state index contributed by atoms with van der Waals surface area (Å²) in [6.45, 7) is 3.46. The van der Waals surface area contributed by atoms with E-state index < -0.39 is 5.97 Å². The smallest absolute Gasteiger partial charge is 0.331 e. The van der Waals surface area contributed by atoms with Crippen molar-refractivity contribution in [3.8, 4) is 11.1 Å². The van der Waals surface area contributed by atoms with E-state index in [4.69, 9.17) is 5.11 Å². The van der Waals surface area contributed by atoms with E-state index in [9.17, 15) is 4.79 Å². The maximum absolute atomic E-state index is 10.9. The molecule has 2 nitrogen and oxygen atoms in total. The Hall–Kier alpha value is -2.35. The molecule has 2 heteroatoms. The summed E-state index contributed by atoms with van der Waals surface area (Å²) in [6, 6.07) is 18.1. The van der Waals surface area contributed by atoms with Crippen molar-refractivity contribution >= 4 is 11.5 Å². The summed E-state index contributed by atoms with van der Waals surface area (Å²) in [7, 11) is 0. The predicted molar refractivity (Wildman–Crippen MR) is 77.8 cm³/mol. The summed E-state index contributed by atoms with van der Waals surface area (Å²) in [4.78, 5) is 10.9. The molecule has 0 aliphatic carbocycles. The number of allylic oxidation sites excluding steroid dienone is 1. The minimum Gasteiger partial charge on any atom is -0.478 e. The van der Waals surface area contributed by atoms with Crippen LogP contribution in [0.25, 0.3) is 16.7 Å². The largest absolute Gasteiger partial charge is 0.478 e. The highest BCUT2D eigenvalue weighted by molar-refractivity contribution is 5.95. The fraction of sp³-hybridized carbons (Fsp3) is 0.118. The fourth-order valence-electron chi connectivity index (χ4n) is 1.92. The summed E-state index contributed by atoms with van der Waals surface area (Å²) in [6.07, 6.45) is 0. The molecule has 0 aliphatic heterocycles. The Kier molecular flexibility index (Phi) is 3.81. The van der Waals surface area contributed by atoms with Crippen molar-refractivity contribution in [2.24, 2.45) is 0 Å². The molecule has 2 rings (SSSR count). The second kappa shape index (κ2) is 5.53. The molecule has 2 aromatic rings. The van der Waals surface area contributed by atoms with Crippen LogP contribution in [0.1, 0.15) is 19.4 Å². The molecular weight excluding hydrogens is 236 g/mol. The van der Waals surface area contributed by atoms with Gasteiger partial charge in [-0.2, -0.15) is 0 Å². The van der Waals surface area contributed by atoms with Crippen LogP contribution in [0.15, 0.2) is 60.2 Å². The summed E-state index contributed by atoms with van der Waals surface area (Å²) in [5, 5.41) is 8.99. The molecule has 0 spiro atoms. The second-order valence-corrected chi connectivity index (χ2v) is 4.50. The van der Waals surface area contributed by atoms with Gasteiger partial charge >= 0.3 is 5.97 Å². The molecule has 96 valence electrons. The van der Waals surface area contributed by atoms with Gasteiger partial charge in [-0.15, -0.1) is 0 Å². The lowest BCUT2D eigenvalue weighted by Gasteiger charge is -2.07. The Bertz CT molecular complexity index is 607.